The molecule has 0 fully saturated rings. The number of benzene rings is 1. The summed E-state index contributed by atoms with van der Waals surface area (Å²) in [5.74, 6) is 0.516. The number of carbonyl (C=O) groups is 1. The maximum absolute atomic E-state index is 12.6. The molecule has 1 amide bonds. The van der Waals surface area contributed by atoms with Crippen LogP contribution in [0.25, 0.3) is 0 Å². The van der Waals surface area contributed by atoms with Crippen molar-refractivity contribution in [3.05, 3.63) is 66.0 Å². The van der Waals surface area contributed by atoms with E-state index in [2.05, 4.69) is 24.1 Å². The van der Waals surface area contributed by atoms with Crippen molar-refractivity contribution in [1.29, 1.82) is 0 Å². The van der Waals surface area contributed by atoms with E-state index < -0.39 is 0 Å². The van der Waals surface area contributed by atoms with E-state index in [1.54, 1.807) is 6.20 Å². The zero-order chi connectivity index (χ0) is 15.8. The van der Waals surface area contributed by atoms with Gasteiger partial charge in [0.15, 0.2) is 0 Å². The van der Waals surface area contributed by atoms with Gasteiger partial charge in [0.1, 0.15) is 0 Å². The van der Waals surface area contributed by atoms with Gasteiger partial charge in [-0.2, -0.15) is 0 Å². The first-order chi connectivity index (χ1) is 10.7. The number of nitrogens with zero attached hydrogens (tertiary/aromatic N) is 1. The number of hydrogen-bond acceptors (Lipinski definition) is 2. The van der Waals surface area contributed by atoms with Gasteiger partial charge in [0.2, 0.25) is 5.91 Å². The Bertz CT molecular complexity index is 567. The SMILES string of the molecule is CC(C)CCNC(=O)C(Cc1cccnc1)c1ccccc1. The molecule has 0 spiro atoms. The van der Waals surface area contributed by atoms with Gasteiger partial charge in [0.05, 0.1) is 5.92 Å². The van der Waals surface area contributed by atoms with Gasteiger partial charge >= 0.3 is 0 Å². The molecule has 2 aromatic rings. The van der Waals surface area contributed by atoms with E-state index in [1.165, 1.54) is 0 Å². The third-order valence-electron chi connectivity index (χ3n) is 3.70. The molecule has 0 aliphatic heterocycles. The van der Waals surface area contributed by atoms with Crippen LogP contribution in [0.4, 0.5) is 0 Å². The van der Waals surface area contributed by atoms with Crippen LogP contribution in [-0.2, 0) is 11.2 Å². The van der Waals surface area contributed by atoms with Crippen LogP contribution in [0.5, 0.6) is 0 Å². The van der Waals surface area contributed by atoms with Gasteiger partial charge in [0.25, 0.3) is 0 Å². The van der Waals surface area contributed by atoms with Crippen LogP contribution in [0.2, 0.25) is 0 Å². The van der Waals surface area contributed by atoms with E-state index >= 15 is 0 Å². The molecule has 0 aliphatic rings. The normalized spacial score (nSPS) is 12.1. The van der Waals surface area contributed by atoms with Crippen molar-refractivity contribution >= 4 is 5.91 Å². The van der Waals surface area contributed by atoms with Crippen molar-refractivity contribution in [2.45, 2.75) is 32.6 Å². The molecule has 1 aromatic carbocycles. The number of rotatable bonds is 7. The van der Waals surface area contributed by atoms with E-state index in [4.69, 9.17) is 0 Å². The topological polar surface area (TPSA) is 42.0 Å². The summed E-state index contributed by atoms with van der Waals surface area (Å²) in [7, 11) is 0. The van der Waals surface area contributed by atoms with E-state index in [0.29, 0.717) is 12.3 Å². The number of hydrogen-bond donors (Lipinski definition) is 1. The monoisotopic (exact) mass is 296 g/mol. The van der Waals surface area contributed by atoms with Gasteiger partial charge in [-0.3, -0.25) is 9.78 Å². The van der Waals surface area contributed by atoms with Gasteiger partial charge < -0.3 is 5.32 Å². The smallest absolute Gasteiger partial charge is 0.227 e. The van der Waals surface area contributed by atoms with Crippen molar-refractivity contribution < 1.29 is 4.79 Å². The summed E-state index contributed by atoms with van der Waals surface area (Å²) in [4.78, 5) is 16.7. The standard InChI is InChI=1S/C19H24N2O/c1-15(2)10-12-21-19(22)18(17-8-4-3-5-9-17)13-16-7-6-11-20-14-16/h3-9,11,14-15,18H,10,12-13H2,1-2H3,(H,21,22). The fourth-order valence-corrected chi connectivity index (χ4v) is 2.41. The molecule has 116 valence electrons. The molecule has 1 unspecified atom stereocenters. The predicted molar refractivity (Wildman–Crippen MR) is 89.6 cm³/mol. The lowest BCUT2D eigenvalue weighted by molar-refractivity contribution is -0.122. The van der Waals surface area contributed by atoms with Gasteiger partial charge in [-0.1, -0.05) is 50.2 Å². The average molecular weight is 296 g/mol. The van der Waals surface area contributed by atoms with Gasteiger partial charge in [0, 0.05) is 18.9 Å². The first kappa shape index (κ1) is 16.2. The molecule has 1 aromatic heterocycles. The van der Waals surface area contributed by atoms with E-state index in [9.17, 15) is 4.79 Å². The largest absolute Gasteiger partial charge is 0.356 e. The van der Waals surface area contributed by atoms with Crippen LogP contribution in [0, 0.1) is 5.92 Å². The van der Waals surface area contributed by atoms with Crippen molar-refractivity contribution in [2.75, 3.05) is 6.54 Å². The highest BCUT2D eigenvalue weighted by molar-refractivity contribution is 5.83. The highest BCUT2D eigenvalue weighted by Crippen LogP contribution is 2.21. The molecule has 0 bridgehead atoms. The van der Waals surface area contributed by atoms with Crippen molar-refractivity contribution in [2.24, 2.45) is 5.92 Å². The third-order valence-corrected chi connectivity index (χ3v) is 3.70. The minimum absolute atomic E-state index is 0.0932. The number of amides is 1. The molecular weight excluding hydrogens is 272 g/mol. The molecule has 1 atom stereocenters. The summed E-state index contributed by atoms with van der Waals surface area (Å²) in [6.45, 7) is 5.06. The molecule has 0 saturated carbocycles. The Balaban J connectivity index is 2.10. The second-order valence-electron chi connectivity index (χ2n) is 6.00. The second kappa shape index (κ2) is 8.32. The Kier molecular flexibility index (Phi) is 6.13. The van der Waals surface area contributed by atoms with Crippen LogP contribution in [0.1, 0.15) is 37.3 Å². The van der Waals surface area contributed by atoms with Crippen LogP contribution in [0.15, 0.2) is 54.9 Å². The average Bonchev–Trinajstić information content (AvgIpc) is 2.54. The fraction of sp³-hybridized carbons (Fsp3) is 0.368. The van der Waals surface area contributed by atoms with Crippen LogP contribution < -0.4 is 5.32 Å². The maximum atomic E-state index is 12.6. The number of pyridine rings is 1. The maximum Gasteiger partial charge on any atom is 0.227 e. The molecule has 3 nitrogen and oxygen atoms in total. The zero-order valence-corrected chi connectivity index (χ0v) is 13.3. The van der Waals surface area contributed by atoms with Crippen LogP contribution in [-0.4, -0.2) is 17.4 Å². The summed E-state index contributed by atoms with van der Waals surface area (Å²) in [6.07, 6.45) is 5.26. The van der Waals surface area contributed by atoms with E-state index in [-0.39, 0.29) is 11.8 Å². The Hall–Kier alpha value is -2.16. The van der Waals surface area contributed by atoms with Gasteiger partial charge in [-0.25, -0.2) is 0 Å². The molecule has 1 heterocycles. The lowest BCUT2D eigenvalue weighted by atomic mass is 9.91. The molecule has 2 rings (SSSR count). The van der Waals surface area contributed by atoms with Crippen molar-refractivity contribution in [3.8, 4) is 0 Å². The molecule has 0 saturated heterocycles. The Morgan fingerprint density at radius 3 is 2.55 bits per heavy atom. The molecule has 22 heavy (non-hydrogen) atoms. The van der Waals surface area contributed by atoms with Gasteiger partial charge in [-0.05, 0) is 36.0 Å². The van der Waals surface area contributed by atoms with Crippen molar-refractivity contribution in [1.82, 2.24) is 10.3 Å². The molecule has 3 heteroatoms. The second-order valence-corrected chi connectivity index (χ2v) is 6.00. The number of aromatic nitrogens is 1. The highest BCUT2D eigenvalue weighted by Gasteiger charge is 2.20. The minimum Gasteiger partial charge on any atom is -0.356 e. The lowest BCUT2D eigenvalue weighted by Gasteiger charge is -2.18. The van der Waals surface area contributed by atoms with E-state index in [0.717, 1.165) is 24.1 Å². The van der Waals surface area contributed by atoms with Gasteiger partial charge in [-0.15, -0.1) is 0 Å². The highest BCUT2D eigenvalue weighted by atomic mass is 16.1. The Labute approximate surface area is 132 Å². The van der Waals surface area contributed by atoms with E-state index in [1.807, 2.05) is 48.7 Å². The quantitative estimate of drug-likeness (QED) is 0.848. The minimum atomic E-state index is -0.169. The summed E-state index contributed by atoms with van der Waals surface area (Å²) in [5.41, 5.74) is 2.13. The fourth-order valence-electron chi connectivity index (χ4n) is 2.41. The van der Waals surface area contributed by atoms with Crippen molar-refractivity contribution in [3.63, 3.8) is 0 Å². The predicted octanol–water partition coefficient (Wildman–Crippen LogP) is 3.57. The lowest BCUT2D eigenvalue weighted by Crippen LogP contribution is -2.31. The Morgan fingerprint density at radius 2 is 1.91 bits per heavy atom. The summed E-state index contributed by atoms with van der Waals surface area (Å²) < 4.78 is 0. The Morgan fingerprint density at radius 1 is 1.14 bits per heavy atom. The first-order valence-electron chi connectivity index (χ1n) is 7.88. The molecule has 1 N–H and O–H groups in total. The molecule has 0 aliphatic carbocycles. The molecule has 0 radical (unpaired) electrons. The number of carbonyl (C=O) groups excluding carboxylic acids is 1. The third kappa shape index (κ3) is 4.99. The van der Waals surface area contributed by atoms with Crippen LogP contribution in [0.3, 0.4) is 0 Å². The zero-order valence-electron chi connectivity index (χ0n) is 13.3. The summed E-state index contributed by atoms with van der Waals surface area (Å²) in [5, 5.41) is 3.07. The summed E-state index contributed by atoms with van der Waals surface area (Å²) >= 11 is 0. The number of nitrogens with one attached hydrogen (secondary N) is 1. The van der Waals surface area contributed by atoms with Crippen LogP contribution >= 0.6 is 0 Å². The first-order valence-corrected chi connectivity index (χ1v) is 7.88. The summed E-state index contributed by atoms with van der Waals surface area (Å²) in [6, 6.07) is 13.9. The molecular formula is C19H24N2O.